The molecule has 17 unspecified atom stereocenters. The van der Waals surface area contributed by atoms with Gasteiger partial charge in [0.1, 0.15) is 73.2 Å². The third-order valence-electron chi connectivity index (χ3n) is 12.0. The summed E-state index contributed by atoms with van der Waals surface area (Å²) in [6, 6.07) is -0.969. The topological polar surface area (TPSA) is 307 Å². The first kappa shape index (κ1) is 56.6. The molecule has 19 heteroatoms. The van der Waals surface area contributed by atoms with E-state index < -0.39 is 124 Å². The average molecular weight is 924 g/mol. The van der Waals surface area contributed by atoms with Gasteiger partial charge in [-0.25, -0.2) is 0 Å². The molecule has 0 radical (unpaired) electrons. The predicted octanol–water partition coefficient (Wildman–Crippen LogP) is 0.0809. The van der Waals surface area contributed by atoms with E-state index in [0.29, 0.717) is 6.42 Å². The van der Waals surface area contributed by atoms with E-state index in [0.717, 1.165) is 64.2 Å². The molecule has 0 bridgehead atoms. The highest BCUT2D eigenvalue weighted by Crippen LogP contribution is 2.33. The first-order valence-corrected chi connectivity index (χ1v) is 23.6. The van der Waals surface area contributed by atoms with E-state index >= 15 is 0 Å². The van der Waals surface area contributed by atoms with Crippen LogP contribution in [0.4, 0.5) is 0 Å². The second-order valence-electron chi connectivity index (χ2n) is 17.2. The fourth-order valence-electron chi connectivity index (χ4n) is 7.95. The number of aliphatic hydroxyl groups excluding tert-OH is 11. The van der Waals surface area contributed by atoms with Crippen LogP contribution < -0.4 is 5.32 Å². The molecule has 0 aliphatic carbocycles. The van der Waals surface area contributed by atoms with Crippen molar-refractivity contribution in [3.63, 3.8) is 0 Å². The Kier molecular flexibility index (Phi) is 27.7. The van der Waals surface area contributed by atoms with Gasteiger partial charge in [-0.1, -0.05) is 95.9 Å². The Morgan fingerprint density at radius 3 is 1.55 bits per heavy atom. The van der Waals surface area contributed by atoms with Crippen LogP contribution in [0, 0.1) is 0 Å². The van der Waals surface area contributed by atoms with Crippen molar-refractivity contribution in [1.82, 2.24) is 5.32 Å². The molecule has 374 valence electrons. The van der Waals surface area contributed by atoms with Crippen molar-refractivity contribution in [2.24, 2.45) is 0 Å². The molecule has 3 aliphatic rings. The Morgan fingerprint density at radius 1 is 0.547 bits per heavy atom. The van der Waals surface area contributed by atoms with Crippen molar-refractivity contribution in [2.45, 2.75) is 227 Å². The lowest BCUT2D eigenvalue weighted by atomic mass is 9.96. The van der Waals surface area contributed by atoms with Gasteiger partial charge >= 0.3 is 0 Å². The largest absolute Gasteiger partial charge is 0.394 e. The maximum Gasteiger partial charge on any atom is 0.220 e. The summed E-state index contributed by atoms with van der Waals surface area (Å²) >= 11 is 0. The number of hydrogen-bond acceptors (Lipinski definition) is 18. The van der Waals surface area contributed by atoms with Crippen molar-refractivity contribution in [1.29, 1.82) is 0 Å². The van der Waals surface area contributed by atoms with Crippen LogP contribution in [0.15, 0.2) is 24.3 Å². The van der Waals surface area contributed by atoms with Gasteiger partial charge in [0, 0.05) is 6.42 Å². The summed E-state index contributed by atoms with van der Waals surface area (Å²) in [5.74, 6) is -0.295. The van der Waals surface area contributed by atoms with Gasteiger partial charge in [-0.05, 0) is 44.9 Å². The van der Waals surface area contributed by atoms with Gasteiger partial charge < -0.3 is 89.9 Å². The predicted molar refractivity (Wildman–Crippen MR) is 231 cm³/mol. The van der Waals surface area contributed by atoms with Crippen molar-refractivity contribution in [3.05, 3.63) is 24.3 Å². The van der Waals surface area contributed by atoms with Crippen molar-refractivity contribution < 1.29 is 89.4 Å². The number of rotatable bonds is 31. The van der Waals surface area contributed by atoms with Crippen LogP contribution in [-0.2, 0) is 33.2 Å². The monoisotopic (exact) mass is 924 g/mol. The highest BCUT2D eigenvalue weighted by atomic mass is 16.8. The van der Waals surface area contributed by atoms with E-state index in [1.165, 1.54) is 32.1 Å². The minimum Gasteiger partial charge on any atom is -0.394 e. The summed E-state index contributed by atoms with van der Waals surface area (Å²) < 4.78 is 33.9. The smallest absolute Gasteiger partial charge is 0.220 e. The van der Waals surface area contributed by atoms with Gasteiger partial charge in [0.15, 0.2) is 18.9 Å². The van der Waals surface area contributed by atoms with E-state index in [1.54, 1.807) is 6.08 Å². The third kappa shape index (κ3) is 18.1. The Hall–Kier alpha value is -1.73. The normalized spacial score (nSPS) is 34.7. The van der Waals surface area contributed by atoms with Crippen LogP contribution in [0.3, 0.4) is 0 Å². The Labute approximate surface area is 378 Å². The SMILES string of the molecule is CCCCC/C=C/C(O)C(COC1OC(CO)C(OC2OC(CO)C(OC3OC(CO)C(O)C(O)C3O)C(O)C2O)C(O)C1O)NC(=O)CCCCCCC/C=C\CCCCCCC. The first-order chi connectivity index (χ1) is 30.8. The number of allylic oxidation sites excluding steroid dienone is 3. The second kappa shape index (κ2) is 31.3. The lowest BCUT2D eigenvalue weighted by molar-refractivity contribution is -0.379. The molecular formula is C45H81NO18. The Balaban J connectivity index is 1.54. The maximum absolute atomic E-state index is 13.1. The van der Waals surface area contributed by atoms with E-state index in [1.807, 2.05) is 6.08 Å². The van der Waals surface area contributed by atoms with Crippen LogP contribution in [0.25, 0.3) is 0 Å². The van der Waals surface area contributed by atoms with Gasteiger partial charge in [0.05, 0.1) is 38.6 Å². The van der Waals surface area contributed by atoms with Crippen LogP contribution in [0.2, 0.25) is 0 Å². The van der Waals surface area contributed by atoms with E-state index in [-0.39, 0.29) is 18.9 Å². The van der Waals surface area contributed by atoms with Crippen molar-refractivity contribution in [2.75, 3.05) is 26.4 Å². The zero-order valence-electron chi connectivity index (χ0n) is 37.8. The highest BCUT2D eigenvalue weighted by Gasteiger charge is 2.53. The van der Waals surface area contributed by atoms with E-state index in [9.17, 15) is 61.0 Å². The van der Waals surface area contributed by atoms with Crippen LogP contribution in [0.1, 0.15) is 123 Å². The van der Waals surface area contributed by atoms with E-state index in [4.69, 9.17) is 28.4 Å². The summed E-state index contributed by atoms with van der Waals surface area (Å²) in [5.41, 5.74) is 0. The molecule has 3 rings (SSSR count). The molecule has 0 spiro atoms. The molecule has 0 saturated carbocycles. The van der Waals surface area contributed by atoms with Crippen LogP contribution >= 0.6 is 0 Å². The second-order valence-corrected chi connectivity index (χ2v) is 17.2. The maximum atomic E-state index is 13.1. The molecule has 3 heterocycles. The number of hydrogen-bond donors (Lipinski definition) is 12. The lowest BCUT2D eigenvalue weighted by Crippen LogP contribution is -2.66. The van der Waals surface area contributed by atoms with Gasteiger partial charge in [-0.3, -0.25) is 4.79 Å². The first-order valence-electron chi connectivity index (χ1n) is 23.6. The Morgan fingerprint density at radius 2 is 0.984 bits per heavy atom. The number of aliphatic hydroxyl groups is 11. The number of carbonyl (C=O) groups is 1. The van der Waals surface area contributed by atoms with Gasteiger partial charge in [0.2, 0.25) is 5.91 Å². The summed E-state index contributed by atoms with van der Waals surface area (Å²) in [7, 11) is 0. The van der Waals surface area contributed by atoms with Crippen LogP contribution in [0.5, 0.6) is 0 Å². The number of nitrogens with one attached hydrogen (secondary N) is 1. The van der Waals surface area contributed by atoms with Gasteiger partial charge in [-0.15, -0.1) is 0 Å². The summed E-state index contributed by atoms with van der Waals surface area (Å²) in [6.07, 6.45) is -1.67. The minimum atomic E-state index is -1.97. The van der Waals surface area contributed by atoms with Crippen LogP contribution in [-0.4, -0.2) is 193 Å². The lowest BCUT2D eigenvalue weighted by Gasteiger charge is -2.48. The third-order valence-corrected chi connectivity index (χ3v) is 12.0. The summed E-state index contributed by atoms with van der Waals surface area (Å²) in [4.78, 5) is 13.1. The molecule has 3 aliphatic heterocycles. The zero-order valence-corrected chi connectivity index (χ0v) is 37.8. The molecule has 3 saturated heterocycles. The Bertz CT molecular complexity index is 1290. The molecule has 64 heavy (non-hydrogen) atoms. The quantitative estimate of drug-likeness (QED) is 0.0324. The van der Waals surface area contributed by atoms with Crippen molar-refractivity contribution >= 4 is 5.91 Å². The standard InChI is InChI=1S/C45H81NO18/c1-3-5-7-9-10-11-12-13-14-15-16-17-19-21-23-33(51)46-28(29(50)22-20-18-8-6-4-2)27-59-43-39(57)36(54)41(31(25-48)61-43)64-45-40(58)37(55)42(32(26-49)62-45)63-44-38(56)35(53)34(52)30(24-47)60-44/h12-13,20,22,28-32,34-45,47-50,52-58H,3-11,14-19,21,23-27H2,1-2H3,(H,46,51)/b13-12-,22-20+. The molecule has 3 fully saturated rings. The molecule has 0 aromatic heterocycles. The molecule has 17 atom stereocenters. The number of unbranched alkanes of at least 4 members (excludes halogenated alkanes) is 13. The molecule has 0 aromatic carbocycles. The molecule has 1 amide bonds. The number of ether oxygens (including phenoxy) is 6. The summed E-state index contributed by atoms with van der Waals surface area (Å²) in [6.45, 7) is 1.52. The van der Waals surface area contributed by atoms with Gasteiger partial charge in [0.25, 0.3) is 0 Å². The highest BCUT2D eigenvalue weighted by molar-refractivity contribution is 5.76. The molecular weight excluding hydrogens is 842 g/mol. The molecule has 12 N–H and O–H groups in total. The fraction of sp³-hybridized carbons (Fsp3) is 0.889. The summed E-state index contributed by atoms with van der Waals surface area (Å²) in [5, 5.41) is 119. The average Bonchev–Trinajstić information content (AvgIpc) is 3.29. The molecule has 0 aromatic rings. The van der Waals surface area contributed by atoms with Gasteiger partial charge in [-0.2, -0.15) is 0 Å². The fourth-order valence-corrected chi connectivity index (χ4v) is 7.95. The van der Waals surface area contributed by atoms with E-state index in [2.05, 4.69) is 31.3 Å². The number of carbonyl (C=O) groups excluding carboxylic acids is 1. The zero-order chi connectivity index (χ0) is 47.0. The number of amides is 1. The molecule has 19 nitrogen and oxygen atoms in total. The minimum absolute atomic E-state index is 0.232. The van der Waals surface area contributed by atoms with Crippen molar-refractivity contribution in [3.8, 4) is 0 Å².